The molecule has 1 N–H and O–H groups in total. The normalized spacial score (nSPS) is 13.7. The van der Waals surface area contributed by atoms with Crippen molar-refractivity contribution in [2.75, 3.05) is 18.0 Å². The van der Waals surface area contributed by atoms with Gasteiger partial charge in [-0.25, -0.2) is 4.98 Å². The summed E-state index contributed by atoms with van der Waals surface area (Å²) in [5, 5.41) is 2.79. The highest BCUT2D eigenvalue weighted by Crippen LogP contribution is 2.23. The van der Waals surface area contributed by atoms with E-state index >= 15 is 0 Å². The summed E-state index contributed by atoms with van der Waals surface area (Å²) in [6.07, 6.45) is 1.02. The number of nitrogens with one attached hydrogen (secondary N) is 1. The third kappa shape index (κ3) is 2.89. The van der Waals surface area contributed by atoms with Gasteiger partial charge in [0.05, 0.1) is 0 Å². The summed E-state index contributed by atoms with van der Waals surface area (Å²) in [6, 6.07) is 14.1. The number of benzene rings is 1. The van der Waals surface area contributed by atoms with E-state index in [1.54, 1.807) is 6.07 Å². The van der Waals surface area contributed by atoms with Gasteiger partial charge in [-0.15, -0.1) is 0 Å². The van der Waals surface area contributed by atoms with Gasteiger partial charge in [0.2, 0.25) is 0 Å². The third-order valence-corrected chi connectivity index (χ3v) is 3.76. The molecule has 2 heterocycles. The van der Waals surface area contributed by atoms with Crippen molar-refractivity contribution in [1.82, 2.24) is 10.3 Å². The van der Waals surface area contributed by atoms with Crippen LogP contribution >= 0.6 is 0 Å². The summed E-state index contributed by atoms with van der Waals surface area (Å²) in [7, 11) is 0. The number of carbonyl (C=O) groups excluding carboxylic acids is 1. The molecular weight excluding hydrogens is 262 g/mol. The Labute approximate surface area is 124 Å². The van der Waals surface area contributed by atoms with Crippen molar-refractivity contribution in [3.8, 4) is 0 Å². The first kappa shape index (κ1) is 13.6. The van der Waals surface area contributed by atoms with Crippen LogP contribution in [-0.2, 0) is 13.0 Å². The van der Waals surface area contributed by atoms with Crippen molar-refractivity contribution in [3.05, 3.63) is 59.3 Å². The van der Waals surface area contributed by atoms with E-state index < -0.39 is 0 Å². The predicted molar refractivity (Wildman–Crippen MR) is 83.4 cm³/mol. The minimum atomic E-state index is -0.114. The molecule has 1 aliphatic rings. The van der Waals surface area contributed by atoms with Crippen molar-refractivity contribution in [2.24, 2.45) is 0 Å². The average molecular weight is 281 g/mol. The highest BCUT2D eigenvalue weighted by molar-refractivity contribution is 5.92. The Bertz CT molecular complexity index is 654. The van der Waals surface area contributed by atoms with E-state index in [2.05, 4.69) is 39.5 Å². The molecule has 0 bridgehead atoms. The molecule has 4 nitrogen and oxygen atoms in total. The van der Waals surface area contributed by atoms with Crippen LogP contribution in [0, 0.1) is 0 Å². The molecule has 0 radical (unpaired) electrons. The van der Waals surface area contributed by atoms with Gasteiger partial charge in [-0.05, 0) is 36.6 Å². The summed E-state index contributed by atoms with van der Waals surface area (Å²) in [5.41, 5.74) is 3.23. The maximum absolute atomic E-state index is 11.9. The van der Waals surface area contributed by atoms with Crippen LogP contribution in [0.5, 0.6) is 0 Å². The third-order valence-electron chi connectivity index (χ3n) is 3.76. The van der Waals surface area contributed by atoms with E-state index in [0.29, 0.717) is 12.2 Å². The lowest BCUT2D eigenvalue weighted by Gasteiger charge is -2.29. The highest BCUT2D eigenvalue weighted by Gasteiger charge is 2.17. The molecule has 0 unspecified atom stereocenters. The standard InChI is InChI=1S/C17H19N3O/c1-2-18-17(21)15-8-5-9-16(19-15)20-11-10-13-6-3-4-7-14(13)12-20/h3-9H,2,10-12H2,1H3,(H,18,21). The van der Waals surface area contributed by atoms with Crippen LogP contribution in [0.2, 0.25) is 0 Å². The number of anilines is 1. The number of aromatic nitrogens is 1. The number of carbonyl (C=O) groups is 1. The average Bonchev–Trinajstić information content (AvgIpc) is 2.55. The molecule has 0 aliphatic carbocycles. The fourth-order valence-corrected chi connectivity index (χ4v) is 2.67. The van der Waals surface area contributed by atoms with E-state index in [1.165, 1.54) is 11.1 Å². The van der Waals surface area contributed by atoms with Gasteiger partial charge in [-0.3, -0.25) is 4.79 Å². The zero-order valence-electron chi connectivity index (χ0n) is 12.2. The van der Waals surface area contributed by atoms with Crippen LogP contribution in [0.1, 0.15) is 28.5 Å². The minimum absolute atomic E-state index is 0.114. The number of nitrogens with zero attached hydrogens (tertiary/aromatic N) is 2. The second-order valence-corrected chi connectivity index (χ2v) is 5.18. The molecule has 3 rings (SSSR count). The van der Waals surface area contributed by atoms with Gasteiger partial charge < -0.3 is 10.2 Å². The Morgan fingerprint density at radius 3 is 2.81 bits per heavy atom. The fourth-order valence-electron chi connectivity index (χ4n) is 2.67. The smallest absolute Gasteiger partial charge is 0.269 e. The molecule has 108 valence electrons. The molecule has 0 fully saturated rings. The van der Waals surface area contributed by atoms with Gasteiger partial charge in [0.1, 0.15) is 11.5 Å². The lowest BCUT2D eigenvalue weighted by atomic mass is 10.00. The first-order chi connectivity index (χ1) is 10.3. The van der Waals surface area contributed by atoms with E-state index in [9.17, 15) is 4.79 Å². The van der Waals surface area contributed by atoms with Crippen molar-refractivity contribution in [2.45, 2.75) is 19.9 Å². The Hall–Kier alpha value is -2.36. The zero-order valence-corrected chi connectivity index (χ0v) is 12.2. The second-order valence-electron chi connectivity index (χ2n) is 5.18. The van der Waals surface area contributed by atoms with Crippen LogP contribution in [0.25, 0.3) is 0 Å². The van der Waals surface area contributed by atoms with Crippen molar-refractivity contribution in [3.63, 3.8) is 0 Å². The van der Waals surface area contributed by atoms with E-state index in [-0.39, 0.29) is 5.91 Å². The molecule has 1 aromatic carbocycles. The number of hydrogen-bond donors (Lipinski definition) is 1. The van der Waals surface area contributed by atoms with Gasteiger partial charge in [0.15, 0.2) is 0 Å². The van der Waals surface area contributed by atoms with Gasteiger partial charge in [-0.2, -0.15) is 0 Å². The Balaban J connectivity index is 1.82. The summed E-state index contributed by atoms with van der Waals surface area (Å²) in [5.74, 6) is 0.755. The number of amides is 1. The lowest BCUT2D eigenvalue weighted by molar-refractivity contribution is 0.0951. The quantitative estimate of drug-likeness (QED) is 0.939. The lowest BCUT2D eigenvalue weighted by Crippen LogP contribution is -2.31. The predicted octanol–water partition coefficient (Wildman–Crippen LogP) is 2.39. The molecule has 0 saturated heterocycles. The van der Waals surface area contributed by atoms with Gasteiger partial charge >= 0.3 is 0 Å². The molecule has 1 aromatic heterocycles. The topological polar surface area (TPSA) is 45.2 Å². The Morgan fingerprint density at radius 1 is 1.19 bits per heavy atom. The van der Waals surface area contributed by atoms with Crippen molar-refractivity contribution >= 4 is 11.7 Å². The van der Waals surface area contributed by atoms with Gasteiger partial charge in [0.25, 0.3) is 5.91 Å². The van der Waals surface area contributed by atoms with Crippen LogP contribution in [0.3, 0.4) is 0 Å². The first-order valence-corrected chi connectivity index (χ1v) is 7.35. The molecular formula is C17H19N3O. The summed E-state index contributed by atoms with van der Waals surface area (Å²) < 4.78 is 0. The maximum atomic E-state index is 11.9. The minimum Gasteiger partial charge on any atom is -0.352 e. The molecule has 1 amide bonds. The van der Waals surface area contributed by atoms with E-state index in [1.807, 2.05) is 19.1 Å². The maximum Gasteiger partial charge on any atom is 0.269 e. The molecule has 0 spiro atoms. The zero-order chi connectivity index (χ0) is 14.7. The first-order valence-electron chi connectivity index (χ1n) is 7.35. The molecule has 0 atom stereocenters. The molecule has 2 aromatic rings. The molecule has 4 heteroatoms. The number of fused-ring (bicyclic) bond motifs is 1. The van der Waals surface area contributed by atoms with Crippen LogP contribution in [0.15, 0.2) is 42.5 Å². The largest absolute Gasteiger partial charge is 0.352 e. The summed E-state index contributed by atoms with van der Waals surface area (Å²) >= 11 is 0. The van der Waals surface area contributed by atoms with E-state index in [0.717, 1.165) is 25.3 Å². The monoisotopic (exact) mass is 281 g/mol. The summed E-state index contributed by atoms with van der Waals surface area (Å²) in [4.78, 5) is 18.6. The van der Waals surface area contributed by atoms with E-state index in [4.69, 9.17) is 0 Å². The van der Waals surface area contributed by atoms with Crippen molar-refractivity contribution < 1.29 is 4.79 Å². The molecule has 21 heavy (non-hydrogen) atoms. The van der Waals surface area contributed by atoms with Gasteiger partial charge in [-0.1, -0.05) is 30.3 Å². The Kier molecular flexibility index (Phi) is 3.86. The Morgan fingerprint density at radius 2 is 2.00 bits per heavy atom. The highest BCUT2D eigenvalue weighted by atomic mass is 16.1. The molecule has 0 saturated carbocycles. The van der Waals surface area contributed by atoms with Crippen LogP contribution < -0.4 is 10.2 Å². The summed E-state index contributed by atoms with van der Waals surface area (Å²) in [6.45, 7) is 4.30. The van der Waals surface area contributed by atoms with Crippen LogP contribution in [0.4, 0.5) is 5.82 Å². The molecule has 1 aliphatic heterocycles. The van der Waals surface area contributed by atoms with Gasteiger partial charge in [0, 0.05) is 19.6 Å². The fraction of sp³-hybridized carbons (Fsp3) is 0.294. The number of pyridine rings is 1. The SMILES string of the molecule is CCNC(=O)c1cccc(N2CCc3ccccc3C2)n1. The second kappa shape index (κ2) is 5.95. The number of hydrogen-bond acceptors (Lipinski definition) is 3. The van der Waals surface area contributed by atoms with Crippen molar-refractivity contribution in [1.29, 1.82) is 0 Å². The number of rotatable bonds is 3. The van der Waals surface area contributed by atoms with Crippen LogP contribution in [-0.4, -0.2) is 24.0 Å².